The Labute approximate surface area is 112 Å². The highest BCUT2D eigenvalue weighted by atomic mass is 19.1. The number of carbonyl (C=O) groups excluding carboxylic acids is 1. The van der Waals surface area contributed by atoms with Crippen molar-refractivity contribution in [3.8, 4) is 0 Å². The summed E-state index contributed by atoms with van der Waals surface area (Å²) in [7, 11) is 3.83. The van der Waals surface area contributed by atoms with Crippen LogP contribution in [0.5, 0.6) is 0 Å². The van der Waals surface area contributed by atoms with Gasteiger partial charge in [0.05, 0.1) is 0 Å². The van der Waals surface area contributed by atoms with Crippen molar-refractivity contribution in [1.82, 2.24) is 0 Å². The van der Waals surface area contributed by atoms with Crippen LogP contribution in [0.15, 0.2) is 42.5 Å². The minimum Gasteiger partial charge on any atom is -0.378 e. The van der Waals surface area contributed by atoms with E-state index < -0.39 is 5.82 Å². The molecule has 0 heterocycles. The van der Waals surface area contributed by atoms with Gasteiger partial charge in [0.25, 0.3) is 0 Å². The van der Waals surface area contributed by atoms with Crippen molar-refractivity contribution in [2.45, 2.75) is 6.92 Å². The van der Waals surface area contributed by atoms with E-state index in [1.807, 2.05) is 44.1 Å². The van der Waals surface area contributed by atoms with Crippen molar-refractivity contribution in [1.29, 1.82) is 0 Å². The molecule has 2 aromatic rings. The van der Waals surface area contributed by atoms with Crippen LogP contribution in [0, 0.1) is 12.7 Å². The monoisotopic (exact) mass is 257 g/mol. The Balaban J connectivity index is 2.44. The summed E-state index contributed by atoms with van der Waals surface area (Å²) in [5.74, 6) is -0.543. The van der Waals surface area contributed by atoms with E-state index in [2.05, 4.69) is 0 Å². The predicted octanol–water partition coefficient (Wildman–Crippen LogP) is 3.43. The highest BCUT2D eigenvalue weighted by Crippen LogP contribution is 2.19. The Hall–Kier alpha value is -2.16. The third kappa shape index (κ3) is 2.81. The number of benzene rings is 2. The number of ketones is 1. The third-order valence-corrected chi connectivity index (χ3v) is 3.07. The fourth-order valence-electron chi connectivity index (χ4n) is 1.92. The smallest absolute Gasteiger partial charge is 0.193 e. The minimum atomic E-state index is -0.391. The largest absolute Gasteiger partial charge is 0.378 e. The van der Waals surface area contributed by atoms with E-state index in [4.69, 9.17) is 0 Å². The number of hydrogen-bond donors (Lipinski definition) is 0. The fraction of sp³-hybridized carbons (Fsp3) is 0.188. The highest BCUT2D eigenvalue weighted by Gasteiger charge is 2.13. The topological polar surface area (TPSA) is 20.3 Å². The molecule has 0 N–H and O–H groups in total. The van der Waals surface area contributed by atoms with Crippen molar-refractivity contribution in [3.63, 3.8) is 0 Å². The van der Waals surface area contributed by atoms with Crippen LogP contribution in [-0.2, 0) is 0 Å². The predicted molar refractivity (Wildman–Crippen MR) is 75.3 cm³/mol. The molecule has 0 bridgehead atoms. The maximum Gasteiger partial charge on any atom is 0.193 e. The lowest BCUT2D eigenvalue weighted by Gasteiger charge is -2.13. The Bertz CT molecular complexity index is 620. The molecule has 0 fully saturated rings. The Morgan fingerprint density at radius 3 is 2.53 bits per heavy atom. The average Bonchev–Trinajstić information content (AvgIpc) is 2.41. The summed E-state index contributed by atoms with van der Waals surface area (Å²) in [6.07, 6.45) is 0. The van der Waals surface area contributed by atoms with Gasteiger partial charge in [-0.1, -0.05) is 18.2 Å². The van der Waals surface area contributed by atoms with Gasteiger partial charge in [0.2, 0.25) is 0 Å². The summed E-state index contributed by atoms with van der Waals surface area (Å²) in [6.45, 7) is 1.81. The molecule has 98 valence electrons. The van der Waals surface area contributed by atoms with Gasteiger partial charge < -0.3 is 4.90 Å². The van der Waals surface area contributed by atoms with Crippen LogP contribution in [0.3, 0.4) is 0 Å². The maximum absolute atomic E-state index is 13.3. The lowest BCUT2D eigenvalue weighted by atomic mass is 9.98. The molecule has 0 aliphatic rings. The van der Waals surface area contributed by atoms with E-state index in [1.54, 1.807) is 12.1 Å². The molecular formula is C16H16FNO. The second-order valence-electron chi connectivity index (χ2n) is 4.73. The summed E-state index contributed by atoms with van der Waals surface area (Å²) in [4.78, 5) is 14.3. The van der Waals surface area contributed by atoms with E-state index in [9.17, 15) is 9.18 Å². The number of nitrogens with zero attached hydrogens (tertiary/aromatic N) is 1. The summed E-state index contributed by atoms with van der Waals surface area (Å²) >= 11 is 0. The van der Waals surface area contributed by atoms with Crippen molar-refractivity contribution >= 4 is 11.5 Å². The molecule has 2 rings (SSSR count). The van der Waals surface area contributed by atoms with Crippen LogP contribution in [0.1, 0.15) is 21.5 Å². The molecule has 0 unspecified atom stereocenters. The van der Waals surface area contributed by atoms with E-state index in [0.717, 1.165) is 11.3 Å². The quantitative estimate of drug-likeness (QED) is 0.785. The Morgan fingerprint density at radius 1 is 1.11 bits per heavy atom. The Kier molecular flexibility index (Phi) is 3.65. The molecule has 2 nitrogen and oxygen atoms in total. The van der Waals surface area contributed by atoms with Gasteiger partial charge in [0.1, 0.15) is 5.82 Å². The van der Waals surface area contributed by atoms with Crippen molar-refractivity contribution in [2.75, 3.05) is 19.0 Å². The van der Waals surface area contributed by atoms with Crippen molar-refractivity contribution < 1.29 is 9.18 Å². The number of halogens is 1. The van der Waals surface area contributed by atoms with E-state index in [-0.39, 0.29) is 5.78 Å². The zero-order valence-corrected chi connectivity index (χ0v) is 11.3. The first-order valence-corrected chi connectivity index (χ1v) is 6.07. The first-order chi connectivity index (χ1) is 8.99. The SMILES string of the molecule is Cc1ccc(F)cc1C(=O)c1cccc(N(C)C)c1. The maximum atomic E-state index is 13.3. The highest BCUT2D eigenvalue weighted by molar-refractivity contribution is 6.10. The van der Waals surface area contributed by atoms with E-state index >= 15 is 0 Å². The van der Waals surface area contributed by atoms with Gasteiger partial charge in [-0.25, -0.2) is 4.39 Å². The molecule has 0 saturated carbocycles. The average molecular weight is 257 g/mol. The summed E-state index contributed by atoms with van der Waals surface area (Å²) in [5, 5.41) is 0. The van der Waals surface area contributed by atoms with E-state index in [0.29, 0.717) is 11.1 Å². The van der Waals surface area contributed by atoms with Gasteiger partial charge in [0.15, 0.2) is 5.78 Å². The zero-order chi connectivity index (χ0) is 14.0. The lowest BCUT2D eigenvalue weighted by molar-refractivity contribution is 0.103. The molecule has 0 spiro atoms. The fourth-order valence-corrected chi connectivity index (χ4v) is 1.92. The standard InChI is InChI=1S/C16H16FNO/c1-11-7-8-13(17)10-15(11)16(19)12-5-4-6-14(9-12)18(2)3/h4-10H,1-3H3. The zero-order valence-electron chi connectivity index (χ0n) is 11.3. The van der Waals surface area contributed by atoms with Crippen molar-refractivity contribution in [2.24, 2.45) is 0 Å². The lowest BCUT2D eigenvalue weighted by Crippen LogP contribution is -2.10. The molecule has 0 aromatic heterocycles. The minimum absolute atomic E-state index is 0.152. The molecule has 0 aliphatic heterocycles. The molecule has 0 radical (unpaired) electrons. The van der Waals surface area contributed by atoms with Crippen LogP contribution in [0.25, 0.3) is 0 Å². The van der Waals surface area contributed by atoms with Gasteiger partial charge in [-0.2, -0.15) is 0 Å². The van der Waals surface area contributed by atoms with Crippen LogP contribution in [-0.4, -0.2) is 19.9 Å². The first kappa shape index (κ1) is 13.3. The summed E-state index contributed by atoms with van der Waals surface area (Å²) in [5.41, 5.74) is 2.71. The number of rotatable bonds is 3. The third-order valence-electron chi connectivity index (χ3n) is 3.07. The molecule has 2 aromatic carbocycles. The molecule has 3 heteroatoms. The Morgan fingerprint density at radius 2 is 1.84 bits per heavy atom. The van der Waals surface area contributed by atoms with Gasteiger partial charge in [-0.05, 0) is 36.8 Å². The van der Waals surface area contributed by atoms with Gasteiger partial charge in [-0.3, -0.25) is 4.79 Å². The molecule has 0 aliphatic carbocycles. The number of anilines is 1. The van der Waals surface area contributed by atoms with E-state index in [1.165, 1.54) is 12.1 Å². The summed E-state index contributed by atoms with van der Waals surface area (Å²) < 4.78 is 13.3. The van der Waals surface area contributed by atoms with Crippen molar-refractivity contribution in [3.05, 3.63) is 65.0 Å². The second-order valence-corrected chi connectivity index (χ2v) is 4.73. The number of aryl methyl sites for hydroxylation is 1. The molecule has 0 amide bonds. The van der Waals surface area contributed by atoms with Gasteiger partial charge >= 0.3 is 0 Å². The first-order valence-electron chi connectivity index (χ1n) is 6.07. The molecular weight excluding hydrogens is 241 g/mol. The van der Waals surface area contributed by atoms with Gasteiger partial charge in [0, 0.05) is 30.9 Å². The number of hydrogen-bond acceptors (Lipinski definition) is 2. The molecule has 0 saturated heterocycles. The normalized spacial score (nSPS) is 10.3. The second kappa shape index (κ2) is 5.22. The van der Waals surface area contributed by atoms with Gasteiger partial charge in [-0.15, -0.1) is 0 Å². The molecule has 19 heavy (non-hydrogen) atoms. The van der Waals surface area contributed by atoms with Crippen LogP contribution in [0.4, 0.5) is 10.1 Å². The van der Waals surface area contributed by atoms with Crippen LogP contribution >= 0.6 is 0 Å². The number of carbonyl (C=O) groups is 1. The van der Waals surface area contributed by atoms with Crippen LogP contribution in [0.2, 0.25) is 0 Å². The summed E-state index contributed by atoms with van der Waals surface area (Å²) in [6, 6.07) is 11.6. The molecule has 0 atom stereocenters. The van der Waals surface area contributed by atoms with Crippen LogP contribution < -0.4 is 4.90 Å².